The van der Waals surface area contributed by atoms with Crippen molar-refractivity contribution in [2.75, 3.05) is 0 Å². The van der Waals surface area contributed by atoms with E-state index in [1.54, 1.807) is 0 Å². The first-order valence-corrected chi connectivity index (χ1v) is 27.8. The van der Waals surface area contributed by atoms with Gasteiger partial charge < -0.3 is 18.3 Å². The number of hydrogen-bond donors (Lipinski definition) is 0. The summed E-state index contributed by atoms with van der Waals surface area (Å²) in [7, 11) is 0. The maximum Gasteiger partial charge on any atom is 0.164 e. The lowest BCUT2D eigenvalue weighted by atomic mass is 10.0. The molecule has 0 aliphatic rings. The topological polar surface area (TPSA) is 58.4 Å². The quantitative estimate of drug-likeness (QED) is 0.152. The number of hydrogen-bond acceptors (Lipinski definition) is 3. The van der Waals surface area contributed by atoms with Gasteiger partial charge in [0.1, 0.15) is 0 Å². The van der Waals surface area contributed by atoms with Crippen LogP contribution in [0.1, 0.15) is 0 Å². The first kappa shape index (κ1) is 45.8. The standard InChI is InChI=1S/C75H47N7/c1-3-20-48(21-4-1)73-76-74(51-22-19-25-54(44-51)80-64-33-14-7-26-55(64)56-27-8-15-34-65(56)80)78-75(77-73)52-40-43-70(72(47-52)82-66-35-16-10-28-57(66)58-29-11-17-36-67(58)82)81-68-37-18-12-31-60(68)62-45-49(39-42-69(62)81)50-38-41-61-59-30-9-13-32-63(59)79(71(61)46-50)53-23-5-2-6-24-53/h1-47H. The molecule has 17 aromatic rings. The van der Waals surface area contributed by atoms with Crippen LogP contribution < -0.4 is 0 Å². The Morgan fingerprint density at radius 3 is 1.11 bits per heavy atom. The van der Waals surface area contributed by atoms with E-state index in [9.17, 15) is 0 Å². The molecule has 0 N–H and O–H groups in total. The van der Waals surface area contributed by atoms with Crippen LogP contribution in [-0.4, -0.2) is 33.2 Å². The molecule has 0 radical (unpaired) electrons. The molecule has 0 saturated carbocycles. The van der Waals surface area contributed by atoms with E-state index in [4.69, 9.17) is 15.0 Å². The van der Waals surface area contributed by atoms with E-state index in [1.807, 2.05) is 18.2 Å². The van der Waals surface area contributed by atoms with Crippen molar-refractivity contribution in [2.45, 2.75) is 0 Å². The molecule has 0 aliphatic carbocycles. The van der Waals surface area contributed by atoms with Gasteiger partial charge in [-0.3, -0.25) is 0 Å². The van der Waals surface area contributed by atoms with Crippen molar-refractivity contribution < 1.29 is 0 Å². The molecule has 5 heterocycles. The first-order valence-electron chi connectivity index (χ1n) is 27.8. The second kappa shape index (κ2) is 18.2. The van der Waals surface area contributed by atoms with Crippen molar-refractivity contribution >= 4 is 87.2 Å². The Kier molecular flexibility index (Phi) is 10.2. The summed E-state index contributed by atoms with van der Waals surface area (Å²) in [5, 5.41) is 9.61. The summed E-state index contributed by atoms with van der Waals surface area (Å²) in [4.78, 5) is 16.0. The molecule has 0 amide bonds. The fourth-order valence-electron chi connectivity index (χ4n) is 13.0. The second-order valence-corrected chi connectivity index (χ2v) is 21.2. The molecule has 5 aromatic heterocycles. The van der Waals surface area contributed by atoms with Gasteiger partial charge in [0.2, 0.25) is 0 Å². The maximum atomic E-state index is 5.43. The lowest BCUT2D eigenvalue weighted by Gasteiger charge is -2.18. The largest absolute Gasteiger partial charge is 0.309 e. The van der Waals surface area contributed by atoms with E-state index in [-0.39, 0.29) is 0 Å². The number of benzene rings is 12. The minimum absolute atomic E-state index is 0.579. The summed E-state index contributed by atoms with van der Waals surface area (Å²) >= 11 is 0. The average Bonchev–Trinajstić information content (AvgIpc) is 4.31. The fourth-order valence-corrected chi connectivity index (χ4v) is 13.0. The molecule has 0 aliphatic heterocycles. The smallest absolute Gasteiger partial charge is 0.164 e. The molecule has 0 bridgehead atoms. The van der Waals surface area contributed by atoms with E-state index >= 15 is 0 Å². The molecule has 7 nitrogen and oxygen atoms in total. The summed E-state index contributed by atoms with van der Waals surface area (Å²) in [5.41, 5.74) is 18.3. The van der Waals surface area contributed by atoms with Crippen LogP contribution >= 0.6 is 0 Å². The first-order chi connectivity index (χ1) is 40.7. The summed E-state index contributed by atoms with van der Waals surface area (Å²) in [6.45, 7) is 0. The molecule has 12 aromatic carbocycles. The zero-order chi connectivity index (χ0) is 53.8. The van der Waals surface area contributed by atoms with Crippen molar-refractivity contribution in [3.63, 3.8) is 0 Å². The summed E-state index contributed by atoms with van der Waals surface area (Å²) in [6, 6.07) is 102. The van der Waals surface area contributed by atoms with Crippen LogP contribution in [0.25, 0.3) is 155 Å². The third-order valence-corrected chi connectivity index (χ3v) is 16.6. The third-order valence-electron chi connectivity index (χ3n) is 16.6. The van der Waals surface area contributed by atoms with Crippen LogP contribution in [0.2, 0.25) is 0 Å². The molecule has 7 heteroatoms. The maximum absolute atomic E-state index is 5.43. The van der Waals surface area contributed by atoms with E-state index in [1.165, 1.54) is 54.1 Å². The highest BCUT2D eigenvalue weighted by Crippen LogP contribution is 2.43. The van der Waals surface area contributed by atoms with Crippen LogP contribution in [0.15, 0.2) is 285 Å². The van der Waals surface area contributed by atoms with E-state index in [2.05, 4.69) is 285 Å². The van der Waals surface area contributed by atoms with Gasteiger partial charge in [0.15, 0.2) is 17.5 Å². The normalized spacial score (nSPS) is 11.9. The Bertz CT molecular complexity index is 5300. The third kappa shape index (κ3) is 7.06. The van der Waals surface area contributed by atoms with Crippen molar-refractivity contribution in [3.8, 4) is 68.0 Å². The summed E-state index contributed by atoms with van der Waals surface area (Å²) in [5.74, 6) is 1.77. The van der Waals surface area contributed by atoms with Crippen LogP contribution in [0.4, 0.5) is 0 Å². The Hall–Kier alpha value is -11.2. The monoisotopic (exact) mass is 1050 g/mol. The molecule has 82 heavy (non-hydrogen) atoms. The van der Waals surface area contributed by atoms with Crippen molar-refractivity contribution in [2.24, 2.45) is 0 Å². The predicted molar refractivity (Wildman–Crippen MR) is 339 cm³/mol. The highest BCUT2D eigenvalue weighted by molar-refractivity contribution is 6.14. The van der Waals surface area contributed by atoms with Gasteiger partial charge >= 0.3 is 0 Å². The van der Waals surface area contributed by atoms with E-state index in [0.717, 1.165) is 83.7 Å². The molecule has 0 unspecified atom stereocenters. The molecule has 0 atom stereocenters. The number of rotatable bonds is 8. The van der Waals surface area contributed by atoms with Gasteiger partial charge in [0.25, 0.3) is 0 Å². The van der Waals surface area contributed by atoms with Crippen LogP contribution in [0.3, 0.4) is 0 Å². The fraction of sp³-hybridized carbons (Fsp3) is 0. The zero-order valence-corrected chi connectivity index (χ0v) is 44.3. The summed E-state index contributed by atoms with van der Waals surface area (Å²) in [6.07, 6.45) is 0. The van der Waals surface area contributed by atoms with Gasteiger partial charge in [0.05, 0.1) is 55.5 Å². The molecular weight excluding hydrogens is 999 g/mol. The Morgan fingerprint density at radius 2 is 0.549 bits per heavy atom. The summed E-state index contributed by atoms with van der Waals surface area (Å²) < 4.78 is 9.60. The van der Waals surface area contributed by atoms with Gasteiger partial charge in [-0.1, -0.05) is 188 Å². The van der Waals surface area contributed by atoms with Gasteiger partial charge in [-0.25, -0.2) is 15.0 Å². The minimum atomic E-state index is 0.579. The van der Waals surface area contributed by atoms with Crippen LogP contribution in [0.5, 0.6) is 0 Å². The average molecular weight is 1050 g/mol. The lowest BCUT2D eigenvalue weighted by molar-refractivity contribution is 1.06. The van der Waals surface area contributed by atoms with E-state index in [0.29, 0.717) is 17.5 Å². The highest BCUT2D eigenvalue weighted by Gasteiger charge is 2.23. The Morgan fingerprint density at radius 1 is 0.183 bits per heavy atom. The van der Waals surface area contributed by atoms with Crippen LogP contribution in [0, 0.1) is 0 Å². The molecule has 17 rings (SSSR count). The van der Waals surface area contributed by atoms with Gasteiger partial charge in [-0.15, -0.1) is 0 Å². The van der Waals surface area contributed by atoms with Gasteiger partial charge in [0, 0.05) is 71.2 Å². The number of aromatic nitrogens is 7. The molecule has 0 spiro atoms. The van der Waals surface area contributed by atoms with E-state index < -0.39 is 0 Å². The van der Waals surface area contributed by atoms with Crippen molar-refractivity contribution in [1.29, 1.82) is 0 Å². The van der Waals surface area contributed by atoms with Gasteiger partial charge in [-0.2, -0.15) is 0 Å². The second-order valence-electron chi connectivity index (χ2n) is 21.2. The highest BCUT2D eigenvalue weighted by atomic mass is 15.1. The zero-order valence-electron chi connectivity index (χ0n) is 44.3. The van der Waals surface area contributed by atoms with Crippen molar-refractivity contribution in [3.05, 3.63) is 285 Å². The SMILES string of the molecule is c1ccc(-c2nc(-c3cccc(-n4c5ccccc5c5ccccc54)c3)nc(-c3ccc(-n4c5ccccc5c5cc(-c6ccc7c8ccccc8n(-c8ccccc8)c7c6)ccc54)c(-n4c5ccccc5c5ccccc54)c3)n2)cc1. The molecular formula is C75H47N7. The Labute approximate surface area is 471 Å². The molecule has 382 valence electrons. The number of nitrogens with zero attached hydrogens (tertiary/aromatic N) is 7. The Balaban J connectivity index is 0.874. The predicted octanol–water partition coefficient (Wildman–Crippen LogP) is 18.9. The van der Waals surface area contributed by atoms with Crippen LogP contribution in [-0.2, 0) is 0 Å². The van der Waals surface area contributed by atoms with Crippen molar-refractivity contribution in [1.82, 2.24) is 33.2 Å². The van der Waals surface area contributed by atoms with Gasteiger partial charge in [-0.05, 0) is 108 Å². The molecule has 0 saturated heterocycles. The minimum Gasteiger partial charge on any atom is -0.309 e. The molecule has 0 fully saturated rings. The number of para-hydroxylation sites is 7. The number of fused-ring (bicyclic) bond motifs is 12. The lowest BCUT2D eigenvalue weighted by Crippen LogP contribution is -2.05.